The van der Waals surface area contributed by atoms with Crippen molar-refractivity contribution >= 4 is 33.7 Å². The number of benzene rings is 1. The number of hydrogen-bond donors (Lipinski definition) is 0. The van der Waals surface area contributed by atoms with Crippen LogP contribution >= 0.6 is 22.7 Å². The first-order chi connectivity index (χ1) is 14.2. The average molecular weight is 429 g/mol. The van der Waals surface area contributed by atoms with Gasteiger partial charge in [0, 0.05) is 32.6 Å². The Bertz CT molecular complexity index is 934. The first-order valence-corrected chi connectivity index (χ1v) is 11.5. The van der Waals surface area contributed by atoms with Gasteiger partial charge >= 0.3 is 0 Å². The second kappa shape index (κ2) is 9.37. The number of anilines is 1. The molecule has 4 rings (SSSR count). The summed E-state index contributed by atoms with van der Waals surface area (Å²) in [4.78, 5) is 17.8. The summed E-state index contributed by atoms with van der Waals surface area (Å²) < 4.78 is 5.79. The summed E-state index contributed by atoms with van der Waals surface area (Å²) in [5.41, 5.74) is 1.12. The third-order valence-electron chi connectivity index (χ3n) is 4.94. The average Bonchev–Trinajstić information content (AvgIpc) is 3.44. The fraction of sp³-hybridized carbons (Fsp3) is 0.381. The molecule has 1 saturated heterocycles. The molecule has 2 aromatic heterocycles. The van der Waals surface area contributed by atoms with Gasteiger partial charge in [-0.25, -0.2) is 0 Å². The van der Waals surface area contributed by atoms with Gasteiger partial charge in [0.05, 0.1) is 11.5 Å². The molecule has 29 heavy (non-hydrogen) atoms. The summed E-state index contributed by atoms with van der Waals surface area (Å²) in [6.45, 7) is 5.64. The van der Waals surface area contributed by atoms with Crippen LogP contribution in [0.15, 0.2) is 41.8 Å². The minimum atomic E-state index is 0.203. The fourth-order valence-corrected chi connectivity index (χ4v) is 4.96. The fourth-order valence-electron chi connectivity index (χ4n) is 3.27. The maximum absolute atomic E-state index is 12.5. The number of thiophene rings is 1. The Morgan fingerprint density at radius 3 is 2.69 bits per heavy atom. The molecule has 8 heteroatoms. The Morgan fingerprint density at radius 1 is 1.10 bits per heavy atom. The van der Waals surface area contributed by atoms with Gasteiger partial charge in [0.15, 0.2) is 5.01 Å². The van der Waals surface area contributed by atoms with Crippen molar-refractivity contribution in [3.05, 3.63) is 47.3 Å². The number of carbonyl (C=O) groups excluding carboxylic acids is 1. The Labute approximate surface area is 178 Å². The molecule has 1 amide bonds. The first-order valence-electron chi connectivity index (χ1n) is 9.79. The van der Waals surface area contributed by atoms with Gasteiger partial charge < -0.3 is 14.5 Å². The maximum Gasteiger partial charge on any atom is 0.222 e. The Kier molecular flexibility index (Phi) is 6.41. The van der Waals surface area contributed by atoms with Crippen LogP contribution in [0.5, 0.6) is 5.75 Å². The second-order valence-corrected chi connectivity index (χ2v) is 8.86. The number of nitrogens with zero attached hydrogens (tertiary/aromatic N) is 4. The smallest absolute Gasteiger partial charge is 0.222 e. The van der Waals surface area contributed by atoms with Crippen LogP contribution in [0, 0.1) is 6.92 Å². The van der Waals surface area contributed by atoms with Crippen LogP contribution in [-0.2, 0) is 4.79 Å². The van der Waals surface area contributed by atoms with E-state index in [1.165, 1.54) is 0 Å². The van der Waals surface area contributed by atoms with Crippen molar-refractivity contribution in [2.45, 2.75) is 19.8 Å². The molecule has 1 fully saturated rings. The number of ether oxygens (including phenoxy) is 1. The third kappa shape index (κ3) is 4.94. The van der Waals surface area contributed by atoms with Gasteiger partial charge in [-0.15, -0.1) is 21.5 Å². The van der Waals surface area contributed by atoms with Crippen molar-refractivity contribution in [3.8, 4) is 15.6 Å². The van der Waals surface area contributed by atoms with E-state index in [0.717, 1.165) is 58.9 Å². The summed E-state index contributed by atoms with van der Waals surface area (Å²) in [5.74, 6) is 1.10. The normalized spacial score (nSPS) is 14.2. The molecule has 0 unspecified atom stereocenters. The highest BCUT2D eigenvalue weighted by molar-refractivity contribution is 7.22. The third-order valence-corrected chi connectivity index (χ3v) is 6.96. The van der Waals surface area contributed by atoms with E-state index in [0.29, 0.717) is 13.0 Å². The van der Waals surface area contributed by atoms with Crippen LogP contribution in [0.2, 0.25) is 0 Å². The van der Waals surface area contributed by atoms with Crippen LogP contribution in [0.25, 0.3) is 9.88 Å². The molecule has 3 heterocycles. The van der Waals surface area contributed by atoms with Crippen molar-refractivity contribution in [2.24, 2.45) is 0 Å². The van der Waals surface area contributed by atoms with E-state index >= 15 is 0 Å². The minimum Gasteiger partial charge on any atom is -0.493 e. The number of aryl methyl sites for hydroxylation is 1. The van der Waals surface area contributed by atoms with Gasteiger partial charge in [-0.05, 0) is 36.4 Å². The minimum absolute atomic E-state index is 0.203. The van der Waals surface area contributed by atoms with E-state index in [-0.39, 0.29) is 5.91 Å². The Morgan fingerprint density at radius 2 is 1.93 bits per heavy atom. The number of rotatable bonds is 7. The molecule has 0 N–H and O–H groups in total. The molecule has 1 aromatic carbocycles. The molecule has 0 spiro atoms. The molecular formula is C21H24N4O2S2. The van der Waals surface area contributed by atoms with Crippen LogP contribution in [-0.4, -0.2) is 53.8 Å². The predicted octanol–water partition coefficient (Wildman–Crippen LogP) is 4.08. The highest BCUT2D eigenvalue weighted by Gasteiger charge is 2.23. The molecule has 152 valence electrons. The van der Waals surface area contributed by atoms with Gasteiger partial charge in [-0.2, -0.15) is 0 Å². The molecule has 0 aliphatic carbocycles. The van der Waals surface area contributed by atoms with Gasteiger partial charge in [-0.1, -0.05) is 35.6 Å². The zero-order valence-corrected chi connectivity index (χ0v) is 18.0. The van der Waals surface area contributed by atoms with Crippen molar-refractivity contribution in [1.82, 2.24) is 15.1 Å². The van der Waals surface area contributed by atoms with Crippen molar-refractivity contribution < 1.29 is 9.53 Å². The van der Waals surface area contributed by atoms with Crippen LogP contribution < -0.4 is 9.64 Å². The Hall–Kier alpha value is -2.45. The van der Waals surface area contributed by atoms with Crippen LogP contribution in [0.4, 0.5) is 5.13 Å². The number of amides is 1. The summed E-state index contributed by atoms with van der Waals surface area (Å²) in [6, 6.07) is 12.0. The summed E-state index contributed by atoms with van der Waals surface area (Å²) in [7, 11) is 0. The van der Waals surface area contributed by atoms with Crippen molar-refractivity contribution in [2.75, 3.05) is 37.7 Å². The van der Waals surface area contributed by atoms with E-state index in [1.54, 1.807) is 22.7 Å². The lowest BCUT2D eigenvalue weighted by atomic mass is 10.2. The second-order valence-electron chi connectivity index (χ2n) is 6.95. The maximum atomic E-state index is 12.5. The van der Waals surface area contributed by atoms with Gasteiger partial charge in [-0.3, -0.25) is 4.79 Å². The summed E-state index contributed by atoms with van der Waals surface area (Å²) in [5, 5.41) is 12.6. The van der Waals surface area contributed by atoms with Crippen molar-refractivity contribution in [3.63, 3.8) is 0 Å². The molecule has 1 aliphatic rings. The first kappa shape index (κ1) is 19.8. The highest BCUT2D eigenvalue weighted by Crippen LogP contribution is 2.31. The Balaban J connectivity index is 1.20. The molecule has 1 aliphatic heterocycles. The van der Waals surface area contributed by atoms with Gasteiger partial charge in [0.25, 0.3) is 0 Å². The standard InChI is InChI=1S/C21H24N4O2S2/c1-16-6-2-3-7-17(16)27-14-4-9-19(26)24-10-12-25(13-11-24)21-23-22-20(29-21)18-8-5-15-28-18/h2-3,5-8,15H,4,9-14H2,1H3. The molecule has 0 bridgehead atoms. The predicted molar refractivity (Wildman–Crippen MR) is 118 cm³/mol. The van der Waals surface area contributed by atoms with E-state index in [1.807, 2.05) is 47.5 Å². The zero-order chi connectivity index (χ0) is 20.1. The highest BCUT2D eigenvalue weighted by atomic mass is 32.1. The molecule has 0 radical (unpaired) electrons. The molecule has 6 nitrogen and oxygen atoms in total. The van der Waals surface area contributed by atoms with E-state index in [2.05, 4.69) is 21.2 Å². The lowest BCUT2D eigenvalue weighted by Gasteiger charge is -2.34. The van der Waals surface area contributed by atoms with Gasteiger partial charge in [0.2, 0.25) is 11.0 Å². The lowest BCUT2D eigenvalue weighted by molar-refractivity contribution is -0.131. The lowest BCUT2D eigenvalue weighted by Crippen LogP contribution is -2.48. The number of carbonyl (C=O) groups is 1. The monoisotopic (exact) mass is 428 g/mol. The zero-order valence-electron chi connectivity index (χ0n) is 16.4. The molecular weight excluding hydrogens is 404 g/mol. The largest absolute Gasteiger partial charge is 0.493 e. The van der Waals surface area contributed by atoms with E-state index < -0.39 is 0 Å². The molecule has 0 saturated carbocycles. The quantitative estimate of drug-likeness (QED) is 0.531. The van der Waals surface area contributed by atoms with Crippen molar-refractivity contribution in [1.29, 1.82) is 0 Å². The van der Waals surface area contributed by atoms with E-state index in [9.17, 15) is 4.79 Å². The van der Waals surface area contributed by atoms with Crippen LogP contribution in [0.3, 0.4) is 0 Å². The summed E-state index contributed by atoms with van der Waals surface area (Å²) in [6.07, 6.45) is 1.25. The number of aromatic nitrogens is 2. The van der Waals surface area contributed by atoms with Gasteiger partial charge in [0.1, 0.15) is 5.75 Å². The topological polar surface area (TPSA) is 58.6 Å². The number of hydrogen-bond acceptors (Lipinski definition) is 7. The number of para-hydroxylation sites is 1. The molecule has 3 aromatic rings. The summed E-state index contributed by atoms with van der Waals surface area (Å²) >= 11 is 3.29. The molecule has 0 atom stereocenters. The number of piperazine rings is 1. The van der Waals surface area contributed by atoms with E-state index in [4.69, 9.17) is 4.74 Å². The van der Waals surface area contributed by atoms with Crippen LogP contribution in [0.1, 0.15) is 18.4 Å². The SMILES string of the molecule is Cc1ccccc1OCCCC(=O)N1CCN(c2nnc(-c3cccs3)s2)CC1.